The number of hydrogen-bond acceptors (Lipinski definition) is 5. The summed E-state index contributed by atoms with van der Waals surface area (Å²) in [5.41, 5.74) is 16.2. The molecule has 7 nitrogen and oxygen atoms in total. The number of pyridine rings is 3. The Labute approximate surface area is 288 Å². The molecule has 50 heavy (non-hydrogen) atoms. The van der Waals surface area contributed by atoms with Crippen molar-refractivity contribution in [2.24, 2.45) is 0 Å². The van der Waals surface area contributed by atoms with Gasteiger partial charge in [-0.05, 0) is 102 Å². The smallest absolute Gasteiger partial charge is 0.0753 e. The summed E-state index contributed by atoms with van der Waals surface area (Å²) in [6, 6.07) is 31.3. The van der Waals surface area contributed by atoms with Gasteiger partial charge in [-0.15, -0.1) is 0 Å². The molecule has 0 saturated carbocycles. The van der Waals surface area contributed by atoms with Crippen molar-refractivity contribution >= 4 is 46.4 Å². The summed E-state index contributed by atoms with van der Waals surface area (Å²) in [7, 11) is 0. The van der Waals surface area contributed by atoms with E-state index in [0.717, 1.165) is 95.9 Å². The van der Waals surface area contributed by atoms with Crippen LogP contribution < -0.4 is 0 Å². The van der Waals surface area contributed by atoms with Crippen LogP contribution in [0.3, 0.4) is 0 Å². The van der Waals surface area contributed by atoms with E-state index in [-0.39, 0.29) is 0 Å². The van der Waals surface area contributed by atoms with E-state index in [1.807, 2.05) is 61.2 Å². The fraction of sp³-hybridized carbons (Fsp3) is 0.0465. The molecular weight excluding hydrogens is 615 g/mol. The van der Waals surface area contributed by atoms with Crippen molar-refractivity contribution in [2.75, 3.05) is 0 Å². The molecule has 1 aromatic carbocycles. The summed E-state index contributed by atoms with van der Waals surface area (Å²) in [6.07, 6.45) is 18.5. The predicted molar refractivity (Wildman–Crippen MR) is 203 cm³/mol. The van der Waals surface area contributed by atoms with E-state index in [4.69, 9.17) is 15.0 Å². The molecule has 0 fully saturated rings. The SMILES string of the molecule is CCc1ccc(-c2c3nc(c(-c4ccncc4)c4ccc([nH]4)c(-c4ccccn4)c4nc(c(-c5cccnc5)c5ccc2[nH]5)C=C4)C=C3)cc1. The molecule has 9 rings (SSSR count). The van der Waals surface area contributed by atoms with Crippen LogP contribution in [0.5, 0.6) is 0 Å². The molecule has 0 amide bonds. The molecule has 8 bridgehead atoms. The predicted octanol–water partition coefficient (Wildman–Crippen LogP) is 10.1. The molecular formula is C43H31N7. The second-order valence-corrected chi connectivity index (χ2v) is 12.2. The van der Waals surface area contributed by atoms with E-state index in [1.165, 1.54) is 5.56 Å². The summed E-state index contributed by atoms with van der Waals surface area (Å²) in [5, 5.41) is 0. The van der Waals surface area contributed by atoms with Crippen LogP contribution >= 0.6 is 0 Å². The van der Waals surface area contributed by atoms with Gasteiger partial charge in [0.05, 0.1) is 34.0 Å². The number of rotatable bonds is 5. The monoisotopic (exact) mass is 645 g/mol. The maximum atomic E-state index is 5.35. The van der Waals surface area contributed by atoms with Crippen molar-refractivity contribution in [1.82, 2.24) is 34.9 Å². The molecule has 2 aliphatic rings. The van der Waals surface area contributed by atoms with Gasteiger partial charge >= 0.3 is 0 Å². The first-order valence-corrected chi connectivity index (χ1v) is 16.7. The number of benzene rings is 1. The molecule has 0 aliphatic carbocycles. The molecule has 0 atom stereocenters. The van der Waals surface area contributed by atoms with Gasteiger partial charge in [0.1, 0.15) is 0 Å². The van der Waals surface area contributed by atoms with E-state index in [1.54, 1.807) is 6.20 Å². The summed E-state index contributed by atoms with van der Waals surface area (Å²) in [4.78, 5) is 31.7. The molecule has 7 aromatic rings. The van der Waals surface area contributed by atoms with Crippen LogP contribution in [0.15, 0.2) is 122 Å². The van der Waals surface area contributed by atoms with E-state index in [2.05, 4.69) is 106 Å². The van der Waals surface area contributed by atoms with E-state index in [0.29, 0.717) is 0 Å². The Morgan fingerprint density at radius 3 is 1.56 bits per heavy atom. The number of fused-ring (bicyclic) bond motifs is 8. The van der Waals surface area contributed by atoms with Crippen molar-refractivity contribution in [3.63, 3.8) is 0 Å². The third-order valence-electron chi connectivity index (χ3n) is 9.24. The highest BCUT2D eigenvalue weighted by atomic mass is 14.8. The average molecular weight is 646 g/mol. The summed E-state index contributed by atoms with van der Waals surface area (Å²) >= 11 is 0. The molecule has 7 heteroatoms. The topological polar surface area (TPSA) is 96.0 Å². The Kier molecular flexibility index (Phi) is 7.28. The standard InChI is InChI=1S/C43H31N7/c1-2-27-8-10-28(11-9-27)40-32-12-13-34(47-32)41(29-20-24-44-25-21-29)35-16-18-38(49-35)43(31-7-3-4-23-46-31)39-19-17-37(50-39)42(30-6-5-22-45-26-30)36-15-14-33(40)48-36/h3-26,48-49H,2H2,1H3. The summed E-state index contributed by atoms with van der Waals surface area (Å²) < 4.78 is 0. The minimum atomic E-state index is 0.815. The fourth-order valence-electron chi connectivity index (χ4n) is 6.83. The molecule has 6 aromatic heterocycles. The number of hydrogen-bond donors (Lipinski definition) is 2. The quantitative estimate of drug-likeness (QED) is 0.194. The first-order valence-electron chi connectivity index (χ1n) is 16.7. The zero-order chi connectivity index (χ0) is 33.4. The Hall–Kier alpha value is -6.73. The van der Waals surface area contributed by atoms with Crippen LogP contribution in [0.1, 0.15) is 35.3 Å². The first kappa shape index (κ1) is 29.4. The first-order chi connectivity index (χ1) is 24.7. The zero-order valence-electron chi connectivity index (χ0n) is 27.3. The Morgan fingerprint density at radius 1 is 0.460 bits per heavy atom. The Morgan fingerprint density at radius 2 is 1.02 bits per heavy atom. The average Bonchev–Trinajstić information content (AvgIpc) is 4.01. The molecule has 0 saturated heterocycles. The van der Waals surface area contributed by atoms with Gasteiger partial charge in [0.2, 0.25) is 0 Å². The lowest BCUT2D eigenvalue weighted by Gasteiger charge is -2.07. The lowest BCUT2D eigenvalue weighted by atomic mass is 10.0. The molecule has 2 aliphatic heterocycles. The van der Waals surface area contributed by atoms with Crippen molar-refractivity contribution in [3.8, 4) is 44.6 Å². The number of nitrogens with zero attached hydrogens (tertiary/aromatic N) is 5. The highest BCUT2D eigenvalue weighted by Gasteiger charge is 2.19. The molecule has 238 valence electrons. The molecule has 0 radical (unpaired) electrons. The van der Waals surface area contributed by atoms with Crippen molar-refractivity contribution < 1.29 is 0 Å². The lowest BCUT2D eigenvalue weighted by molar-refractivity contribution is 1.14. The van der Waals surface area contributed by atoms with Gasteiger partial charge in [-0.25, -0.2) is 9.97 Å². The van der Waals surface area contributed by atoms with E-state index < -0.39 is 0 Å². The minimum absolute atomic E-state index is 0.815. The minimum Gasteiger partial charge on any atom is -0.354 e. The van der Waals surface area contributed by atoms with Gasteiger partial charge in [-0.3, -0.25) is 15.0 Å². The van der Waals surface area contributed by atoms with Gasteiger partial charge in [0.15, 0.2) is 0 Å². The van der Waals surface area contributed by atoms with Crippen LogP contribution in [0, 0.1) is 0 Å². The normalized spacial score (nSPS) is 12.0. The van der Waals surface area contributed by atoms with Gasteiger partial charge in [0.25, 0.3) is 0 Å². The van der Waals surface area contributed by atoms with Crippen LogP contribution in [0.2, 0.25) is 0 Å². The Balaban J connectivity index is 1.47. The molecule has 2 N–H and O–H groups in total. The van der Waals surface area contributed by atoms with Gasteiger partial charge in [-0.1, -0.05) is 43.3 Å². The van der Waals surface area contributed by atoms with E-state index >= 15 is 0 Å². The molecule has 0 unspecified atom stereocenters. The molecule has 8 heterocycles. The van der Waals surface area contributed by atoms with Gasteiger partial charge in [0, 0.05) is 75.4 Å². The highest BCUT2D eigenvalue weighted by molar-refractivity contribution is 5.99. The Bertz CT molecular complexity index is 2560. The van der Waals surface area contributed by atoms with Crippen LogP contribution in [-0.4, -0.2) is 34.9 Å². The van der Waals surface area contributed by atoms with Crippen LogP contribution in [0.4, 0.5) is 0 Å². The zero-order valence-corrected chi connectivity index (χ0v) is 27.3. The summed E-state index contributed by atoms with van der Waals surface area (Å²) in [6.45, 7) is 2.18. The number of nitrogens with one attached hydrogen (secondary N) is 2. The molecule has 0 spiro atoms. The van der Waals surface area contributed by atoms with Crippen molar-refractivity contribution in [1.29, 1.82) is 0 Å². The number of aromatic nitrogens is 7. The van der Waals surface area contributed by atoms with Crippen molar-refractivity contribution in [2.45, 2.75) is 13.3 Å². The third-order valence-corrected chi connectivity index (χ3v) is 9.24. The van der Waals surface area contributed by atoms with Crippen LogP contribution in [-0.2, 0) is 6.42 Å². The largest absolute Gasteiger partial charge is 0.354 e. The second-order valence-electron chi connectivity index (χ2n) is 12.2. The van der Waals surface area contributed by atoms with Crippen LogP contribution in [0.25, 0.3) is 91.0 Å². The second kappa shape index (κ2) is 12.4. The van der Waals surface area contributed by atoms with Crippen molar-refractivity contribution in [3.05, 3.63) is 150 Å². The maximum Gasteiger partial charge on any atom is 0.0753 e. The number of aromatic amines is 2. The maximum absolute atomic E-state index is 5.35. The van der Waals surface area contributed by atoms with Gasteiger partial charge < -0.3 is 9.97 Å². The highest BCUT2D eigenvalue weighted by Crippen LogP contribution is 2.37. The van der Waals surface area contributed by atoms with E-state index in [9.17, 15) is 0 Å². The number of H-pyrrole nitrogens is 2. The number of aryl methyl sites for hydroxylation is 1. The van der Waals surface area contributed by atoms with Gasteiger partial charge in [-0.2, -0.15) is 0 Å². The summed E-state index contributed by atoms with van der Waals surface area (Å²) in [5.74, 6) is 0. The third kappa shape index (κ3) is 5.22. The fourth-order valence-corrected chi connectivity index (χ4v) is 6.83. The lowest BCUT2D eigenvalue weighted by Crippen LogP contribution is -1.91.